The summed E-state index contributed by atoms with van der Waals surface area (Å²) in [5, 5.41) is 19.2. The topological polar surface area (TPSA) is 80.4 Å². The molecule has 72 valence electrons. The molecule has 13 heavy (non-hydrogen) atoms. The minimum absolute atomic E-state index is 0.171. The van der Waals surface area contributed by atoms with Gasteiger partial charge in [-0.1, -0.05) is 0 Å². The quantitative estimate of drug-likeness (QED) is 0.607. The largest absolute Gasteiger partial charge is 0.391 e. The Hall–Kier alpha value is -0.790. The first-order valence-electron chi connectivity index (χ1n) is 3.27. The van der Waals surface area contributed by atoms with E-state index < -0.39 is 15.7 Å². The third kappa shape index (κ3) is 2.11. The number of nitro groups is 1. The fraction of sp³-hybridized carbons (Fsp3) is 0.333. The van der Waals surface area contributed by atoms with Crippen LogP contribution in [0.15, 0.2) is 10.3 Å². The second kappa shape index (κ2) is 3.95. The van der Waals surface area contributed by atoms with Crippen molar-refractivity contribution in [2.24, 2.45) is 0 Å². The molecule has 1 N–H and O–H groups in total. The van der Waals surface area contributed by atoms with Crippen molar-refractivity contribution in [1.82, 2.24) is 0 Å². The van der Waals surface area contributed by atoms with Crippen LogP contribution in [0.5, 0.6) is 0 Å². The molecule has 0 saturated carbocycles. The van der Waals surface area contributed by atoms with Crippen molar-refractivity contribution in [2.75, 3.05) is 6.26 Å². The summed E-state index contributed by atoms with van der Waals surface area (Å²) in [5.74, 6) is 0. The van der Waals surface area contributed by atoms with E-state index in [1.165, 1.54) is 12.3 Å². The van der Waals surface area contributed by atoms with Gasteiger partial charge in [0, 0.05) is 17.2 Å². The van der Waals surface area contributed by atoms with Gasteiger partial charge in [0.15, 0.2) is 4.21 Å². The first kappa shape index (κ1) is 10.3. The Labute approximate surface area is 80.6 Å². The van der Waals surface area contributed by atoms with Gasteiger partial charge in [0.25, 0.3) is 5.69 Å². The van der Waals surface area contributed by atoms with Gasteiger partial charge in [0.05, 0.1) is 22.3 Å². The van der Waals surface area contributed by atoms with Gasteiger partial charge in [-0.15, -0.1) is 11.3 Å². The second-order valence-electron chi connectivity index (χ2n) is 2.25. The molecule has 0 aliphatic heterocycles. The zero-order chi connectivity index (χ0) is 10.0. The predicted molar refractivity (Wildman–Crippen MR) is 49.2 cm³/mol. The molecule has 0 aliphatic rings. The highest BCUT2D eigenvalue weighted by atomic mass is 32.2. The van der Waals surface area contributed by atoms with E-state index in [-0.39, 0.29) is 16.5 Å². The normalized spacial score (nSPS) is 12.8. The summed E-state index contributed by atoms with van der Waals surface area (Å²) in [4.78, 5) is 10.3. The molecule has 0 amide bonds. The van der Waals surface area contributed by atoms with E-state index in [1.54, 1.807) is 0 Å². The number of hydrogen-bond donors (Lipinski definition) is 1. The fourth-order valence-corrected chi connectivity index (χ4v) is 2.75. The maximum absolute atomic E-state index is 11.0. The zero-order valence-corrected chi connectivity index (χ0v) is 8.35. The second-order valence-corrected chi connectivity index (χ2v) is 4.97. The predicted octanol–water partition coefficient (Wildman–Crippen LogP) is 0.886. The number of hydrogen-bond acceptors (Lipinski definition) is 5. The van der Waals surface area contributed by atoms with Gasteiger partial charge in [0.2, 0.25) is 0 Å². The molecule has 1 unspecified atom stereocenters. The van der Waals surface area contributed by atoms with Gasteiger partial charge in [0.1, 0.15) is 0 Å². The Balaban J connectivity index is 3.23. The minimum Gasteiger partial charge on any atom is -0.391 e. The standard InChI is InChI=1S/C6H7NO4S2/c1-13(11)6-5(7(9)10)2-4(3-8)12-6/h2,8H,3H2,1H3. The Bertz CT molecular complexity index is 328. The highest BCUT2D eigenvalue weighted by Gasteiger charge is 2.20. The van der Waals surface area contributed by atoms with Crippen molar-refractivity contribution < 1.29 is 14.2 Å². The average Bonchev–Trinajstić information content (AvgIpc) is 2.47. The van der Waals surface area contributed by atoms with Crippen molar-refractivity contribution in [3.05, 3.63) is 21.1 Å². The maximum Gasteiger partial charge on any atom is 0.296 e. The summed E-state index contributed by atoms with van der Waals surface area (Å²) >= 11 is 1.00. The van der Waals surface area contributed by atoms with Crippen molar-refractivity contribution in [3.63, 3.8) is 0 Å². The van der Waals surface area contributed by atoms with Gasteiger partial charge >= 0.3 is 0 Å². The number of thiophene rings is 1. The van der Waals surface area contributed by atoms with Crippen molar-refractivity contribution in [2.45, 2.75) is 10.8 Å². The maximum atomic E-state index is 11.0. The van der Waals surface area contributed by atoms with Crippen LogP contribution in [0.3, 0.4) is 0 Å². The highest BCUT2D eigenvalue weighted by molar-refractivity contribution is 7.86. The molecule has 7 heteroatoms. The van der Waals surface area contributed by atoms with Crippen molar-refractivity contribution in [1.29, 1.82) is 0 Å². The summed E-state index contributed by atoms with van der Waals surface area (Å²) in [6.07, 6.45) is 1.37. The molecular weight excluding hydrogens is 214 g/mol. The lowest BCUT2D eigenvalue weighted by Crippen LogP contribution is -1.91. The molecule has 0 aliphatic carbocycles. The number of aliphatic hydroxyl groups is 1. The number of nitrogens with zero attached hydrogens (tertiary/aromatic N) is 1. The third-order valence-corrected chi connectivity index (χ3v) is 3.93. The van der Waals surface area contributed by atoms with Crippen LogP contribution in [0.1, 0.15) is 4.88 Å². The lowest BCUT2D eigenvalue weighted by Gasteiger charge is -1.88. The molecule has 1 aromatic rings. The molecule has 1 aromatic heterocycles. The Morgan fingerprint density at radius 1 is 1.77 bits per heavy atom. The Morgan fingerprint density at radius 3 is 2.69 bits per heavy atom. The molecular formula is C6H7NO4S2. The lowest BCUT2D eigenvalue weighted by atomic mass is 10.4. The van der Waals surface area contributed by atoms with Crippen LogP contribution in [-0.4, -0.2) is 20.5 Å². The highest BCUT2D eigenvalue weighted by Crippen LogP contribution is 2.31. The van der Waals surface area contributed by atoms with Crippen LogP contribution >= 0.6 is 11.3 Å². The first-order valence-corrected chi connectivity index (χ1v) is 5.65. The van der Waals surface area contributed by atoms with Gasteiger partial charge in [-0.05, 0) is 0 Å². The third-order valence-electron chi connectivity index (χ3n) is 1.34. The Morgan fingerprint density at radius 2 is 2.38 bits per heavy atom. The Kier molecular flexibility index (Phi) is 3.12. The van der Waals surface area contributed by atoms with E-state index in [9.17, 15) is 14.3 Å². The number of aliphatic hydroxyl groups excluding tert-OH is 1. The first-order chi connectivity index (χ1) is 6.06. The lowest BCUT2D eigenvalue weighted by molar-refractivity contribution is -0.387. The van der Waals surface area contributed by atoms with E-state index in [4.69, 9.17) is 5.11 Å². The smallest absolute Gasteiger partial charge is 0.296 e. The van der Waals surface area contributed by atoms with Crippen LogP contribution in [0.2, 0.25) is 0 Å². The van der Waals surface area contributed by atoms with E-state index in [0.717, 1.165) is 11.3 Å². The summed E-state index contributed by atoms with van der Waals surface area (Å²) in [7, 11) is -1.38. The molecule has 5 nitrogen and oxygen atoms in total. The fourth-order valence-electron chi connectivity index (χ4n) is 0.823. The monoisotopic (exact) mass is 221 g/mol. The average molecular weight is 221 g/mol. The summed E-state index contributed by atoms with van der Waals surface area (Å²) < 4.78 is 11.2. The van der Waals surface area contributed by atoms with Crippen LogP contribution < -0.4 is 0 Å². The SMILES string of the molecule is CS(=O)c1sc(CO)cc1[N+](=O)[O-]. The molecule has 0 bridgehead atoms. The molecule has 0 spiro atoms. The van der Waals surface area contributed by atoms with Crippen LogP contribution in [0, 0.1) is 10.1 Å². The van der Waals surface area contributed by atoms with E-state index in [2.05, 4.69) is 0 Å². The van der Waals surface area contributed by atoms with Crippen molar-refractivity contribution in [3.8, 4) is 0 Å². The van der Waals surface area contributed by atoms with Crippen molar-refractivity contribution >= 4 is 27.8 Å². The summed E-state index contributed by atoms with van der Waals surface area (Å²) in [6, 6.07) is 1.25. The van der Waals surface area contributed by atoms with Crippen LogP contribution in [0.25, 0.3) is 0 Å². The van der Waals surface area contributed by atoms with Gasteiger partial charge in [-0.2, -0.15) is 0 Å². The summed E-state index contributed by atoms with van der Waals surface area (Å²) in [5.41, 5.74) is -0.171. The van der Waals surface area contributed by atoms with Crippen LogP contribution in [0.4, 0.5) is 5.69 Å². The number of rotatable bonds is 3. The molecule has 1 heterocycles. The summed E-state index contributed by atoms with van der Waals surface area (Å²) in [6.45, 7) is -0.261. The van der Waals surface area contributed by atoms with E-state index in [0.29, 0.717) is 4.88 Å². The molecule has 1 rings (SSSR count). The van der Waals surface area contributed by atoms with Gasteiger partial charge < -0.3 is 5.11 Å². The van der Waals surface area contributed by atoms with E-state index in [1.807, 2.05) is 0 Å². The molecule has 0 radical (unpaired) electrons. The van der Waals surface area contributed by atoms with Crippen LogP contribution in [-0.2, 0) is 17.4 Å². The molecule has 1 atom stereocenters. The zero-order valence-electron chi connectivity index (χ0n) is 6.72. The molecule has 0 saturated heterocycles. The molecule has 0 fully saturated rings. The molecule has 0 aromatic carbocycles. The van der Waals surface area contributed by atoms with Gasteiger partial charge in [-0.25, -0.2) is 0 Å². The van der Waals surface area contributed by atoms with E-state index >= 15 is 0 Å². The minimum atomic E-state index is -1.38. The van der Waals surface area contributed by atoms with Gasteiger partial charge in [-0.3, -0.25) is 14.3 Å².